The first-order chi connectivity index (χ1) is 6.27. The van der Waals surface area contributed by atoms with Crippen LogP contribution in [0.3, 0.4) is 0 Å². The monoisotopic (exact) mass is 173 g/mol. The average molecular weight is 173 g/mol. The molecule has 3 nitrogen and oxygen atoms in total. The van der Waals surface area contributed by atoms with Crippen LogP contribution in [-0.4, -0.2) is 24.1 Å². The van der Waals surface area contributed by atoms with Gasteiger partial charge >= 0.3 is 0 Å². The summed E-state index contributed by atoms with van der Waals surface area (Å²) >= 11 is 0. The summed E-state index contributed by atoms with van der Waals surface area (Å²) in [5.41, 5.74) is 1.88. The van der Waals surface area contributed by atoms with E-state index in [1.807, 2.05) is 49.3 Å². The van der Waals surface area contributed by atoms with Gasteiger partial charge in [-0.25, -0.2) is 9.97 Å². The van der Waals surface area contributed by atoms with Crippen LogP contribution >= 0.6 is 0 Å². The molecule has 0 aromatic heterocycles. The number of hydrogen-bond donors (Lipinski definition) is 0. The Balaban J connectivity index is 2.57. The molecule has 0 atom stereocenters. The highest BCUT2D eigenvalue weighted by atomic mass is 15.2. The minimum absolute atomic E-state index is 0.765. The van der Waals surface area contributed by atoms with E-state index in [-0.39, 0.29) is 0 Å². The fourth-order valence-corrected chi connectivity index (χ4v) is 1.16. The molecule has 1 aliphatic carbocycles. The number of hydrogen-bond acceptors (Lipinski definition) is 3. The van der Waals surface area contributed by atoms with Crippen LogP contribution in [0.2, 0.25) is 0 Å². The number of aromatic nitrogens is 2. The lowest BCUT2D eigenvalue weighted by Crippen LogP contribution is -2.09. The van der Waals surface area contributed by atoms with Crippen molar-refractivity contribution in [2.75, 3.05) is 19.0 Å². The summed E-state index contributed by atoms with van der Waals surface area (Å²) in [6, 6.07) is 9.84. The van der Waals surface area contributed by atoms with E-state index in [1.54, 1.807) is 0 Å². The van der Waals surface area contributed by atoms with Gasteiger partial charge in [0, 0.05) is 14.1 Å². The summed E-state index contributed by atoms with van der Waals surface area (Å²) in [6.07, 6.45) is 0. The summed E-state index contributed by atoms with van der Waals surface area (Å²) in [5, 5.41) is 0. The van der Waals surface area contributed by atoms with Crippen molar-refractivity contribution in [1.29, 1.82) is 0 Å². The summed E-state index contributed by atoms with van der Waals surface area (Å²) in [7, 11) is 3.88. The fourth-order valence-electron chi connectivity index (χ4n) is 1.16. The lowest BCUT2D eigenvalue weighted by Gasteiger charge is -2.03. The first-order valence-electron chi connectivity index (χ1n) is 4.17. The third kappa shape index (κ3) is 1.45. The van der Waals surface area contributed by atoms with E-state index >= 15 is 0 Å². The van der Waals surface area contributed by atoms with E-state index in [0.717, 1.165) is 17.3 Å². The minimum Gasteiger partial charge on any atom is -0.347 e. The van der Waals surface area contributed by atoms with Gasteiger partial charge in [0.2, 0.25) is 5.95 Å². The predicted molar refractivity (Wildman–Crippen MR) is 53.0 cm³/mol. The van der Waals surface area contributed by atoms with Gasteiger partial charge in [-0.1, -0.05) is 18.2 Å². The maximum atomic E-state index is 4.37. The molecule has 2 rings (SSSR count). The Morgan fingerprint density at radius 1 is 0.923 bits per heavy atom. The largest absolute Gasteiger partial charge is 0.347 e. The molecule has 0 saturated heterocycles. The van der Waals surface area contributed by atoms with Gasteiger partial charge in [-0.3, -0.25) is 0 Å². The molecule has 2 aliphatic rings. The zero-order valence-electron chi connectivity index (χ0n) is 7.73. The number of nitrogens with zero attached hydrogens (tertiary/aromatic N) is 3. The Morgan fingerprint density at radius 2 is 1.46 bits per heavy atom. The molecule has 0 aromatic rings. The highest BCUT2D eigenvalue weighted by molar-refractivity contribution is 5.59. The van der Waals surface area contributed by atoms with E-state index in [1.165, 1.54) is 0 Å². The zero-order valence-corrected chi connectivity index (χ0v) is 7.73. The topological polar surface area (TPSA) is 29.0 Å². The van der Waals surface area contributed by atoms with E-state index in [0.29, 0.717) is 0 Å². The predicted octanol–water partition coefficient (Wildman–Crippen LogP) is 1.65. The molecule has 0 saturated carbocycles. The van der Waals surface area contributed by atoms with Crippen molar-refractivity contribution >= 4 is 5.95 Å². The summed E-state index contributed by atoms with van der Waals surface area (Å²) < 4.78 is 0. The first kappa shape index (κ1) is 7.98. The number of rotatable bonds is 1. The van der Waals surface area contributed by atoms with Crippen molar-refractivity contribution in [2.45, 2.75) is 0 Å². The lowest BCUT2D eigenvalue weighted by molar-refractivity contribution is 1.04. The van der Waals surface area contributed by atoms with Crippen molar-refractivity contribution in [3.8, 4) is 11.4 Å². The maximum absolute atomic E-state index is 4.37. The number of imidazole rings is 1. The van der Waals surface area contributed by atoms with Gasteiger partial charge in [0.15, 0.2) is 0 Å². The van der Waals surface area contributed by atoms with E-state index < -0.39 is 0 Å². The van der Waals surface area contributed by atoms with Gasteiger partial charge in [0.1, 0.15) is 0 Å². The van der Waals surface area contributed by atoms with Crippen LogP contribution in [0.25, 0.3) is 11.4 Å². The summed E-state index contributed by atoms with van der Waals surface area (Å²) in [4.78, 5) is 10.6. The van der Waals surface area contributed by atoms with Crippen molar-refractivity contribution in [1.82, 2.24) is 9.97 Å². The molecule has 0 aromatic carbocycles. The second kappa shape index (κ2) is 3.01. The molecular weight excluding hydrogens is 162 g/mol. The molecule has 1 aliphatic heterocycles. The van der Waals surface area contributed by atoms with Crippen molar-refractivity contribution in [3.63, 3.8) is 0 Å². The molecule has 0 unspecified atom stereocenters. The van der Waals surface area contributed by atoms with Gasteiger partial charge in [0.05, 0.1) is 11.4 Å². The summed E-state index contributed by atoms with van der Waals surface area (Å²) in [6.45, 7) is 0. The molecule has 3 heteroatoms. The van der Waals surface area contributed by atoms with Gasteiger partial charge in [0.25, 0.3) is 0 Å². The minimum atomic E-state index is 0.765. The Morgan fingerprint density at radius 3 is 1.92 bits per heavy atom. The lowest BCUT2D eigenvalue weighted by atomic mass is 10.3. The van der Waals surface area contributed by atoms with Crippen molar-refractivity contribution in [3.05, 3.63) is 30.3 Å². The van der Waals surface area contributed by atoms with Gasteiger partial charge < -0.3 is 4.90 Å². The van der Waals surface area contributed by atoms with Crippen LogP contribution in [0.15, 0.2) is 30.3 Å². The standard InChI is InChI=1S/C10H11N3/c1-13(2)10-11-8-6-4-3-5-7-9(8)12-10/h3-7H,1-2H3. The normalized spacial score (nSPS) is 10.3. The molecule has 13 heavy (non-hydrogen) atoms. The quantitative estimate of drug-likeness (QED) is 0.656. The third-order valence-corrected chi connectivity index (χ3v) is 1.83. The molecule has 0 fully saturated rings. The van der Waals surface area contributed by atoms with Crippen LogP contribution in [0.4, 0.5) is 5.95 Å². The highest BCUT2D eigenvalue weighted by Gasteiger charge is 2.08. The number of fused-ring (bicyclic) bond motifs is 1. The van der Waals surface area contributed by atoms with Gasteiger partial charge in [-0.15, -0.1) is 0 Å². The SMILES string of the molecule is CN(C)c1nc2cccccc-2n1. The van der Waals surface area contributed by atoms with Crippen LogP contribution in [0, 0.1) is 0 Å². The van der Waals surface area contributed by atoms with Crippen LogP contribution in [0.1, 0.15) is 0 Å². The highest BCUT2D eigenvalue weighted by Crippen LogP contribution is 2.20. The average Bonchev–Trinajstić information content (AvgIpc) is 2.38. The maximum Gasteiger partial charge on any atom is 0.226 e. The van der Waals surface area contributed by atoms with Crippen LogP contribution in [-0.2, 0) is 0 Å². The molecule has 1 heterocycles. The first-order valence-corrected chi connectivity index (χ1v) is 4.17. The van der Waals surface area contributed by atoms with Crippen molar-refractivity contribution in [2.24, 2.45) is 0 Å². The molecular formula is C10H11N3. The Labute approximate surface area is 77.4 Å². The fraction of sp³-hybridized carbons (Fsp3) is 0.200. The second-order valence-electron chi connectivity index (χ2n) is 3.10. The van der Waals surface area contributed by atoms with Crippen LogP contribution in [0.5, 0.6) is 0 Å². The molecule has 0 N–H and O–H groups in total. The van der Waals surface area contributed by atoms with E-state index in [4.69, 9.17) is 0 Å². The smallest absolute Gasteiger partial charge is 0.226 e. The molecule has 0 spiro atoms. The molecule has 0 radical (unpaired) electrons. The van der Waals surface area contributed by atoms with E-state index in [9.17, 15) is 0 Å². The third-order valence-electron chi connectivity index (χ3n) is 1.83. The van der Waals surface area contributed by atoms with Gasteiger partial charge in [-0.2, -0.15) is 0 Å². The molecule has 0 bridgehead atoms. The Kier molecular flexibility index (Phi) is 1.85. The Bertz CT molecular complexity index is 353. The van der Waals surface area contributed by atoms with Crippen LogP contribution < -0.4 is 4.90 Å². The number of anilines is 1. The molecule has 0 amide bonds. The summed E-state index contributed by atoms with van der Waals surface area (Å²) in [5.74, 6) is 0.765. The zero-order chi connectivity index (χ0) is 9.26. The second-order valence-corrected chi connectivity index (χ2v) is 3.10. The van der Waals surface area contributed by atoms with Gasteiger partial charge in [-0.05, 0) is 12.1 Å². The van der Waals surface area contributed by atoms with Crippen molar-refractivity contribution < 1.29 is 0 Å². The Hall–Kier alpha value is -1.64. The molecule has 66 valence electrons. The van der Waals surface area contributed by atoms with E-state index in [2.05, 4.69) is 9.97 Å².